The molecular formula is C29H37N3O5. The van der Waals surface area contributed by atoms with Crippen LogP contribution in [0.15, 0.2) is 42.5 Å². The molecule has 1 atom stereocenters. The van der Waals surface area contributed by atoms with Crippen molar-refractivity contribution in [2.45, 2.75) is 58.0 Å². The maximum atomic E-state index is 13.1. The number of β-amino-alcohol motifs (C(OH)–C–C–N with tert-alkyl or cyclic N) is 1. The first kappa shape index (κ1) is 25.5. The average Bonchev–Trinajstić information content (AvgIpc) is 2.81. The van der Waals surface area contributed by atoms with E-state index in [0.717, 1.165) is 31.5 Å². The molecule has 3 aliphatic rings. The molecule has 1 unspecified atom stereocenters. The van der Waals surface area contributed by atoms with Crippen LogP contribution in [0.5, 0.6) is 5.75 Å². The molecule has 0 saturated carbocycles. The Kier molecular flexibility index (Phi) is 7.14. The molecule has 1 saturated heterocycles. The maximum Gasteiger partial charge on any atom is 0.410 e. The Morgan fingerprint density at radius 3 is 2.51 bits per heavy atom. The van der Waals surface area contributed by atoms with Crippen LogP contribution >= 0.6 is 0 Å². The largest absolute Gasteiger partial charge is 0.487 e. The van der Waals surface area contributed by atoms with Crippen LogP contribution in [0.25, 0.3) is 0 Å². The van der Waals surface area contributed by atoms with Crippen LogP contribution in [0.4, 0.5) is 4.79 Å². The van der Waals surface area contributed by atoms with E-state index in [9.17, 15) is 14.7 Å². The molecule has 1 N–H and O–H groups in total. The second-order valence-corrected chi connectivity index (χ2v) is 11.4. The molecule has 1 fully saturated rings. The minimum Gasteiger partial charge on any atom is -0.487 e. The molecule has 8 nitrogen and oxygen atoms in total. The van der Waals surface area contributed by atoms with E-state index in [1.165, 1.54) is 11.1 Å². The zero-order valence-corrected chi connectivity index (χ0v) is 22.0. The van der Waals surface area contributed by atoms with Gasteiger partial charge in [-0.1, -0.05) is 24.3 Å². The Morgan fingerprint density at radius 1 is 1.03 bits per heavy atom. The smallest absolute Gasteiger partial charge is 0.410 e. The van der Waals surface area contributed by atoms with E-state index in [1.54, 1.807) is 9.80 Å². The highest BCUT2D eigenvalue weighted by Crippen LogP contribution is 2.27. The fourth-order valence-corrected chi connectivity index (χ4v) is 5.26. The molecule has 37 heavy (non-hydrogen) atoms. The van der Waals surface area contributed by atoms with Gasteiger partial charge in [0, 0.05) is 38.3 Å². The highest BCUT2D eigenvalue weighted by atomic mass is 16.6. The summed E-state index contributed by atoms with van der Waals surface area (Å²) in [6, 6.07) is 14.0. The zero-order valence-electron chi connectivity index (χ0n) is 22.0. The molecule has 8 heteroatoms. The number of nitrogens with zero attached hydrogens (tertiary/aromatic N) is 3. The number of hydrogen-bond donors (Lipinski definition) is 1. The molecule has 0 spiro atoms. The molecule has 0 aromatic heterocycles. The van der Waals surface area contributed by atoms with E-state index in [1.807, 2.05) is 39.0 Å². The summed E-state index contributed by atoms with van der Waals surface area (Å²) in [6.07, 6.45) is 0.707. The second kappa shape index (κ2) is 10.3. The molecule has 2 aromatic carbocycles. The van der Waals surface area contributed by atoms with Crippen molar-refractivity contribution < 1.29 is 24.2 Å². The number of hydrogen-bond acceptors (Lipinski definition) is 6. The number of likely N-dealkylation sites (tertiary alicyclic amines) is 1. The molecule has 0 radical (unpaired) electrons. The number of carbonyl (C=O) groups is 2. The Bertz CT molecular complexity index is 1150. The standard InChI is InChI=1S/C29H37N3O5/c1-29(2,3)37-28(35)32-18-25(19-32)36-24-8-9-26-21(14-24)11-13-31(27(26)34)17-23(33)16-30-12-10-20-6-4-5-7-22(20)15-30/h4-9,14,23,25,33H,10-13,15-19H2,1-3H3. The van der Waals surface area contributed by atoms with Crippen LogP contribution in [-0.2, 0) is 24.1 Å². The summed E-state index contributed by atoms with van der Waals surface area (Å²) in [5, 5.41) is 10.8. The maximum absolute atomic E-state index is 13.1. The Morgan fingerprint density at radius 2 is 1.76 bits per heavy atom. The van der Waals surface area contributed by atoms with Gasteiger partial charge in [-0.15, -0.1) is 0 Å². The number of rotatable bonds is 6. The molecule has 0 aliphatic carbocycles. The molecule has 2 amide bonds. The number of benzene rings is 2. The van der Waals surface area contributed by atoms with Gasteiger partial charge in [-0.2, -0.15) is 0 Å². The van der Waals surface area contributed by atoms with Crippen molar-refractivity contribution in [2.75, 3.05) is 39.3 Å². The molecule has 198 valence electrons. The van der Waals surface area contributed by atoms with Crippen molar-refractivity contribution in [3.8, 4) is 5.75 Å². The lowest BCUT2D eigenvalue weighted by Gasteiger charge is -2.39. The van der Waals surface area contributed by atoms with Gasteiger partial charge in [-0.05, 0) is 68.5 Å². The van der Waals surface area contributed by atoms with E-state index < -0.39 is 11.7 Å². The number of ether oxygens (including phenoxy) is 2. The monoisotopic (exact) mass is 507 g/mol. The van der Waals surface area contributed by atoms with E-state index in [2.05, 4.69) is 29.2 Å². The topological polar surface area (TPSA) is 82.5 Å². The number of amides is 2. The van der Waals surface area contributed by atoms with Crippen molar-refractivity contribution in [2.24, 2.45) is 0 Å². The van der Waals surface area contributed by atoms with Crippen molar-refractivity contribution in [1.29, 1.82) is 0 Å². The number of aliphatic hydroxyl groups excluding tert-OH is 1. The lowest BCUT2D eigenvalue weighted by Crippen LogP contribution is -2.57. The first-order valence-corrected chi connectivity index (χ1v) is 13.2. The fourth-order valence-electron chi connectivity index (χ4n) is 5.26. The quantitative estimate of drug-likeness (QED) is 0.647. The van der Waals surface area contributed by atoms with Gasteiger partial charge in [0.05, 0.1) is 19.2 Å². The summed E-state index contributed by atoms with van der Waals surface area (Å²) in [7, 11) is 0. The summed E-state index contributed by atoms with van der Waals surface area (Å²) in [6.45, 7) is 9.74. The Balaban J connectivity index is 1.11. The van der Waals surface area contributed by atoms with Crippen LogP contribution in [-0.4, -0.2) is 88.9 Å². The van der Waals surface area contributed by atoms with Crippen molar-refractivity contribution in [3.63, 3.8) is 0 Å². The molecule has 0 bridgehead atoms. The Hall–Kier alpha value is -3.10. The van der Waals surface area contributed by atoms with Crippen LogP contribution < -0.4 is 4.74 Å². The predicted molar refractivity (Wildman–Crippen MR) is 140 cm³/mol. The lowest BCUT2D eigenvalue weighted by molar-refractivity contribution is -0.0221. The van der Waals surface area contributed by atoms with Gasteiger partial charge in [0.15, 0.2) is 0 Å². The highest BCUT2D eigenvalue weighted by molar-refractivity contribution is 5.97. The second-order valence-electron chi connectivity index (χ2n) is 11.4. The first-order valence-electron chi connectivity index (χ1n) is 13.2. The predicted octanol–water partition coefficient (Wildman–Crippen LogP) is 3.10. The summed E-state index contributed by atoms with van der Waals surface area (Å²) in [5.41, 5.74) is 3.82. The third-order valence-corrected chi connectivity index (χ3v) is 7.16. The number of carbonyl (C=O) groups excluding carboxylic acids is 2. The van der Waals surface area contributed by atoms with Gasteiger partial charge < -0.3 is 24.4 Å². The molecule has 5 rings (SSSR count). The molecule has 3 heterocycles. The summed E-state index contributed by atoms with van der Waals surface area (Å²) in [4.78, 5) is 30.9. The van der Waals surface area contributed by atoms with Crippen LogP contribution in [0, 0.1) is 0 Å². The normalized spacial score (nSPS) is 19.1. The average molecular weight is 508 g/mol. The highest BCUT2D eigenvalue weighted by Gasteiger charge is 2.35. The fraction of sp³-hybridized carbons (Fsp3) is 0.517. The minimum atomic E-state index is -0.593. The Labute approximate surface area is 218 Å². The van der Waals surface area contributed by atoms with E-state index in [-0.39, 0.29) is 18.1 Å². The van der Waals surface area contributed by atoms with E-state index in [4.69, 9.17) is 9.47 Å². The summed E-state index contributed by atoms with van der Waals surface area (Å²) < 4.78 is 11.4. The molecular weight excluding hydrogens is 470 g/mol. The first-order chi connectivity index (χ1) is 17.6. The van der Waals surface area contributed by atoms with Gasteiger partial charge in [-0.25, -0.2) is 4.79 Å². The van der Waals surface area contributed by atoms with Gasteiger partial charge >= 0.3 is 6.09 Å². The van der Waals surface area contributed by atoms with Crippen LogP contribution in [0.3, 0.4) is 0 Å². The van der Waals surface area contributed by atoms with Crippen LogP contribution in [0.2, 0.25) is 0 Å². The zero-order chi connectivity index (χ0) is 26.2. The van der Waals surface area contributed by atoms with E-state index >= 15 is 0 Å². The van der Waals surface area contributed by atoms with Gasteiger partial charge in [0.2, 0.25) is 0 Å². The summed E-state index contributed by atoms with van der Waals surface area (Å²) in [5.74, 6) is 0.662. The van der Waals surface area contributed by atoms with Crippen LogP contribution in [0.1, 0.15) is 47.8 Å². The summed E-state index contributed by atoms with van der Waals surface area (Å²) >= 11 is 0. The van der Waals surface area contributed by atoms with Crippen molar-refractivity contribution in [1.82, 2.24) is 14.7 Å². The third-order valence-electron chi connectivity index (χ3n) is 7.16. The lowest BCUT2D eigenvalue weighted by atomic mass is 9.98. The number of fused-ring (bicyclic) bond motifs is 2. The number of aliphatic hydroxyl groups is 1. The van der Waals surface area contributed by atoms with Gasteiger partial charge in [-0.3, -0.25) is 9.69 Å². The molecule has 2 aromatic rings. The SMILES string of the molecule is CC(C)(C)OC(=O)N1CC(Oc2ccc3c(c2)CCN(CC(O)CN2CCc4ccccc4C2)C3=O)C1. The van der Waals surface area contributed by atoms with Gasteiger partial charge in [0.25, 0.3) is 5.91 Å². The third kappa shape index (κ3) is 6.08. The molecule has 3 aliphatic heterocycles. The van der Waals surface area contributed by atoms with Crippen molar-refractivity contribution >= 4 is 12.0 Å². The minimum absolute atomic E-state index is 0.0458. The van der Waals surface area contributed by atoms with E-state index in [0.29, 0.717) is 44.0 Å². The van der Waals surface area contributed by atoms with Crippen molar-refractivity contribution in [3.05, 3.63) is 64.7 Å². The van der Waals surface area contributed by atoms with Gasteiger partial charge in [0.1, 0.15) is 17.5 Å².